The Hall–Kier alpha value is 4.42. The molecule has 0 spiro atoms. The predicted molar refractivity (Wildman–Crippen MR) is 25.6 cm³/mol. The van der Waals surface area contributed by atoms with Gasteiger partial charge in [-0.2, -0.15) is 0 Å². The van der Waals surface area contributed by atoms with Gasteiger partial charge < -0.3 is 0 Å². The fourth-order valence-electron chi connectivity index (χ4n) is 0. The molecular formula is H6CsGaHgSn. The van der Waals surface area contributed by atoms with E-state index >= 15 is 0 Å². The van der Waals surface area contributed by atoms with E-state index in [9.17, 15) is 0 Å². The molecule has 0 heterocycles. The third-order valence-electron chi connectivity index (χ3n) is 0. The van der Waals surface area contributed by atoms with Gasteiger partial charge in [-0.3, -0.25) is 0 Å². The molecule has 4 heteroatoms. The Labute approximate surface area is 136 Å². The van der Waals surface area contributed by atoms with Crippen LogP contribution in [0.3, 0.4) is 0 Å². The van der Waals surface area contributed by atoms with Gasteiger partial charge in [0.2, 0.25) is 0 Å². The van der Waals surface area contributed by atoms with Crippen LogP contribution in [0.1, 0.15) is 0 Å². The van der Waals surface area contributed by atoms with Crippen LogP contribution in [-0.2, 0) is 27.7 Å². The first-order valence-electron chi connectivity index (χ1n) is 0. The maximum atomic E-state index is 0. The van der Waals surface area contributed by atoms with Crippen LogP contribution in [0.25, 0.3) is 0 Å². The third-order valence-corrected chi connectivity index (χ3v) is 0. The molecule has 16 valence electrons. The van der Waals surface area contributed by atoms with Gasteiger partial charge in [-0.1, -0.05) is 0 Å². The zero-order chi connectivity index (χ0) is 0. The van der Waals surface area contributed by atoms with Crippen molar-refractivity contribution in [3.63, 3.8) is 0 Å². The Balaban J connectivity index is 0. The van der Waals surface area contributed by atoms with Crippen LogP contribution in [-0.4, -0.2) is 113 Å². The van der Waals surface area contributed by atoms with E-state index in [2.05, 4.69) is 0 Å². The summed E-state index contributed by atoms with van der Waals surface area (Å²) in [5.74, 6) is 0. The molecule has 0 aliphatic heterocycles. The van der Waals surface area contributed by atoms with Crippen LogP contribution in [0.2, 0.25) is 0 Å². The second-order valence-electron chi connectivity index (χ2n) is 0. The van der Waals surface area contributed by atoms with Crippen molar-refractivity contribution in [3.05, 3.63) is 0 Å². The summed E-state index contributed by atoms with van der Waals surface area (Å²) in [6.45, 7) is 0. The van der Waals surface area contributed by atoms with Gasteiger partial charge in [-0.25, -0.2) is 0 Å². The summed E-state index contributed by atoms with van der Waals surface area (Å²) in [6, 6.07) is 0. The second-order valence-corrected chi connectivity index (χ2v) is 0. The van der Waals surface area contributed by atoms with Crippen molar-refractivity contribution in [1.82, 2.24) is 0 Å². The summed E-state index contributed by atoms with van der Waals surface area (Å²) in [7, 11) is 0. The van der Waals surface area contributed by atoms with Crippen LogP contribution >= 0.6 is 0 Å². The molecule has 0 nitrogen and oxygen atoms in total. The molecule has 0 fully saturated rings. The fraction of sp³-hybridized carbons (Fsp3) is 0. The monoisotopic (exact) mass is 530 g/mol. The van der Waals surface area contributed by atoms with Gasteiger partial charge in [0, 0.05) is 27.7 Å². The molecule has 2 radical (unpaired) electrons. The molecule has 0 aromatic rings. The van der Waals surface area contributed by atoms with Crippen molar-refractivity contribution < 1.29 is 27.7 Å². The molecule has 0 rings (SSSR count). The Bertz CT molecular complexity index is 8.00. The van der Waals surface area contributed by atoms with Crippen molar-refractivity contribution in [3.8, 4) is 0 Å². The van der Waals surface area contributed by atoms with Gasteiger partial charge in [-0.05, 0) is 0 Å². The first-order valence-corrected chi connectivity index (χ1v) is 0. The molecular weight excluding hydrogens is 522 g/mol. The van der Waals surface area contributed by atoms with Crippen LogP contribution in [0.5, 0.6) is 0 Å². The molecule has 0 aliphatic rings. The number of hydrogen-bond acceptors (Lipinski definition) is 0. The molecule has 0 amide bonds. The molecule has 0 unspecified atom stereocenters. The SMILES string of the molecule is [CsH].[GaH3].[Hg].[SnH2]. The third kappa shape index (κ3) is 9.66. The van der Waals surface area contributed by atoms with Gasteiger partial charge in [0.25, 0.3) is 0 Å². The quantitative estimate of drug-likeness (QED) is 0.300. The van der Waals surface area contributed by atoms with E-state index in [-0.39, 0.29) is 140 Å². The summed E-state index contributed by atoms with van der Waals surface area (Å²) in [6.07, 6.45) is 0. The van der Waals surface area contributed by atoms with Crippen LogP contribution in [0.15, 0.2) is 0 Å². The summed E-state index contributed by atoms with van der Waals surface area (Å²) < 4.78 is 0. The van der Waals surface area contributed by atoms with Gasteiger partial charge >= 0.3 is 113 Å². The van der Waals surface area contributed by atoms with Gasteiger partial charge in [0.1, 0.15) is 0 Å². The first-order chi connectivity index (χ1) is 0. The van der Waals surface area contributed by atoms with Crippen molar-refractivity contribution in [2.45, 2.75) is 0 Å². The molecule has 0 atom stereocenters. The molecule has 0 saturated carbocycles. The van der Waals surface area contributed by atoms with E-state index in [1.165, 1.54) is 0 Å². The van der Waals surface area contributed by atoms with Crippen LogP contribution in [0.4, 0.5) is 0 Å². The van der Waals surface area contributed by atoms with E-state index < -0.39 is 0 Å². The average Bonchev–Trinajstić information content (AvgIpc) is 0. The first kappa shape index (κ1) is 23.7. The zero-order valence-corrected chi connectivity index (χ0v) is 10.9. The van der Waals surface area contributed by atoms with Crippen LogP contribution in [0, 0.1) is 0 Å². The molecule has 4 heavy (non-hydrogen) atoms. The topological polar surface area (TPSA) is 0 Å². The molecule has 0 N–H and O–H groups in total. The normalized spacial score (nSPS) is 0. The van der Waals surface area contributed by atoms with Crippen molar-refractivity contribution >= 4 is 113 Å². The Morgan fingerprint density at radius 2 is 1.00 bits per heavy atom. The fourth-order valence-corrected chi connectivity index (χ4v) is 0. The minimum absolute atomic E-state index is 0. The van der Waals surface area contributed by atoms with Crippen LogP contribution < -0.4 is 0 Å². The van der Waals surface area contributed by atoms with E-state index in [1.807, 2.05) is 0 Å². The number of hydrogen-bond donors (Lipinski definition) is 0. The van der Waals surface area contributed by atoms with E-state index in [4.69, 9.17) is 0 Å². The summed E-state index contributed by atoms with van der Waals surface area (Å²) >= 11 is 0. The minimum atomic E-state index is 0. The van der Waals surface area contributed by atoms with Crippen molar-refractivity contribution in [1.29, 1.82) is 0 Å². The van der Waals surface area contributed by atoms with Crippen molar-refractivity contribution in [2.24, 2.45) is 0 Å². The van der Waals surface area contributed by atoms with E-state index in [0.717, 1.165) is 0 Å². The summed E-state index contributed by atoms with van der Waals surface area (Å²) in [5, 5.41) is 0. The van der Waals surface area contributed by atoms with E-state index in [1.54, 1.807) is 0 Å². The predicted octanol–water partition coefficient (Wildman–Crippen LogP) is -2.75. The average molecular weight is 528 g/mol. The van der Waals surface area contributed by atoms with Crippen molar-refractivity contribution in [2.75, 3.05) is 0 Å². The molecule has 0 saturated heterocycles. The number of rotatable bonds is 0. The summed E-state index contributed by atoms with van der Waals surface area (Å²) in [4.78, 5) is 0. The van der Waals surface area contributed by atoms with Gasteiger partial charge in [-0.15, -0.1) is 0 Å². The molecule has 0 aromatic carbocycles. The zero-order valence-electron chi connectivity index (χ0n) is 1.41. The maximum absolute atomic E-state index is 0. The molecule has 0 aromatic heterocycles. The summed E-state index contributed by atoms with van der Waals surface area (Å²) in [5.41, 5.74) is 0. The standard InChI is InChI=1S/Cs.Ga.Hg.Sn.6H. The Kier molecular flexibility index (Phi) is 92.8. The Morgan fingerprint density at radius 3 is 1.00 bits per heavy atom. The molecule has 0 aliphatic carbocycles. The molecule has 0 bridgehead atoms. The van der Waals surface area contributed by atoms with Gasteiger partial charge in [0.05, 0.1) is 0 Å². The van der Waals surface area contributed by atoms with Gasteiger partial charge in [0.15, 0.2) is 0 Å². The second kappa shape index (κ2) is 15.7. The van der Waals surface area contributed by atoms with E-state index in [0.29, 0.717) is 0 Å². The Morgan fingerprint density at radius 1 is 1.00 bits per heavy atom.